The molecule has 3 N–H and O–H groups in total. The molecule has 1 saturated carbocycles. The number of imidazole rings is 1. The SMILES string of the molecule is CCC1CCCC(C(NN)c2nccn2CC)C1. The fourth-order valence-electron chi connectivity index (χ4n) is 3.29. The maximum atomic E-state index is 5.80. The number of hydrogen-bond acceptors (Lipinski definition) is 3. The molecule has 2 rings (SSSR count). The van der Waals surface area contributed by atoms with Crippen LogP contribution in [0.3, 0.4) is 0 Å². The lowest BCUT2D eigenvalue weighted by Gasteiger charge is -2.33. The minimum Gasteiger partial charge on any atom is -0.334 e. The zero-order valence-corrected chi connectivity index (χ0v) is 11.6. The number of hydrogen-bond donors (Lipinski definition) is 2. The van der Waals surface area contributed by atoms with E-state index in [4.69, 9.17) is 5.84 Å². The van der Waals surface area contributed by atoms with Gasteiger partial charge < -0.3 is 4.57 Å². The largest absolute Gasteiger partial charge is 0.334 e. The lowest BCUT2D eigenvalue weighted by atomic mass is 9.76. The van der Waals surface area contributed by atoms with E-state index in [1.165, 1.54) is 32.1 Å². The maximum Gasteiger partial charge on any atom is 0.127 e. The minimum absolute atomic E-state index is 0.203. The van der Waals surface area contributed by atoms with E-state index in [0.717, 1.165) is 18.3 Å². The Morgan fingerprint density at radius 3 is 3.00 bits per heavy atom. The van der Waals surface area contributed by atoms with Gasteiger partial charge in [0.25, 0.3) is 0 Å². The highest BCUT2D eigenvalue weighted by molar-refractivity contribution is 5.02. The van der Waals surface area contributed by atoms with Gasteiger partial charge in [-0.15, -0.1) is 0 Å². The molecule has 1 aliphatic carbocycles. The van der Waals surface area contributed by atoms with Crippen LogP contribution < -0.4 is 11.3 Å². The van der Waals surface area contributed by atoms with Gasteiger partial charge in [0, 0.05) is 18.9 Å². The summed E-state index contributed by atoms with van der Waals surface area (Å²) < 4.78 is 2.19. The second-order valence-electron chi connectivity index (χ2n) is 5.42. The maximum absolute atomic E-state index is 5.80. The van der Waals surface area contributed by atoms with Crippen LogP contribution in [0.1, 0.15) is 57.8 Å². The number of rotatable bonds is 5. The van der Waals surface area contributed by atoms with Gasteiger partial charge >= 0.3 is 0 Å². The molecule has 1 fully saturated rings. The molecule has 1 aromatic rings. The van der Waals surface area contributed by atoms with Gasteiger partial charge in [0.15, 0.2) is 0 Å². The summed E-state index contributed by atoms with van der Waals surface area (Å²) in [7, 11) is 0. The Morgan fingerprint density at radius 2 is 2.33 bits per heavy atom. The van der Waals surface area contributed by atoms with Crippen LogP contribution in [0.15, 0.2) is 12.4 Å². The van der Waals surface area contributed by atoms with Crippen molar-refractivity contribution < 1.29 is 0 Å². The van der Waals surface area contributed by atoms with E-state index in [-0.39, 0.29) is 6.04 Å². The second kappa shape index (κ2) is 6.34. The molecule has 4 nitrogen and oxygen atoms in total. The Balaban J connectivity index is 2.13. The number of nitrogens with one attached hydrogen (secondary N) is 1. The van der Waals surface area contributed by atoms with E-state index in [9.17, 15) is 0 Å². The third-order valence-electron chi connectivity index (χ3n) is 4.42. The highest BCUT2D eigenvalue weighted by Crippen LogP contribution is 2.37. The fraction of sp³-hybridized carbons (Fsp3) is 0.786. The van der Waals surface area contributed by atoms with E-state index in [0.29, 0.717) is 5.92 Å². The van der Waals surface area contributed by atoms with E-state index >= 15 is 0 Å². The van der Waals surface area contributed by atoms with E-state index in [2.05, 4.69) is 28.8 Å². The quantitative estimate of drug-likeness (QED) is 0.624. The molecule has 3 atom stereocenters. The van der Waals surface area contributed by atoms with E-state index < -0.39 is 0 Å². The molecule has 0 saturated heterocycles. The number of nitrogens with zero attached hydrogens (tertiary/aromatic N) is 2. The first-order chi connectivity index (χ1) is 8.80. The van der Waals surface area contributed by atoms with Gasteiger partial charge in [-0.05, 0) is 31.6 Å². The van der Waals surface area contributed by atoms with Gasteiger partial charge in [0.2, 0.25) is 0 Å². The Kier molecular flexibility index (Phi) is 4.78. The molecule has 0 aromatic carbocycles. The number of hydrazine groups is 1. The zero-order chi connectivity index (χ0) is 13.0. The number of aryl methyl sites for hydroxylation is 1. The molecular weight excluding hydrogens is 224 g/mol. The first kappa shape index (κ1) is 13.6. The van der Waals surface area contributed by atoms with Crippen LogP contribution in [-0.2, 0) is 6.54 Å². The van der Waals surface area contributed by atoms with Gasteiger partial charge in [-0.1, -0.05) is 26.2 Å². The molecule has 18 heavy (non-hydrogen) atoms. The average molecular weight is 250 g/mol. The first-order valence-electron chi connectivity index (χ1n) is 7.27. The molecule has 0 amide bonds. The lowest BCUT2D eigenvalue weighted by molar-refractivity contribution is 0.202. The van der Waals surface area contributed by atoms with Crippen molar-refractivity contribution in [2.45, 2.75) is 58.5 Å². The van der Waals surface area contributed by atoms with Crippen molar-refractivity contribution in [2.75, 3.05) is 0 Å². The molecule has 1 heterocycles. The van der Waals surface area contributed by atoms with Crippen LogP contribution in [0.25, 0.3) is 0 Å². The van der Waals surface area contributed by atoms with Gasteiger partial charge in [-0.25, -0.2) is 10.4 Å². The monoisotopic (exact) mass is 250 g/mol. The van der Waals surface area contributed by atoms with Crippen LogP contribution in [0, 0.1) is 11.8 Å². The summed E-state index contributed by atoms with van der Waals surface area (Å²) >= 11 is 0. The summed E-state index contributed by atoms with van der Waals surface area (Å²) in [6, 6.07) is 0.203. The summed E-state index contributed by atoms with van der Waals surface area (Å²) in [5, 5.41) is 0. The summed E-state index contributed by atoms with van der Waals surface area (Å²) in [6.07, 6.45) is 10.5. The van der Waals surface area contributed by atoms with E-state index in [1.807, 2.05) is 12.4 Å². The third-order valence-corrected chi connectivity index (χ3v) is 4.42. The normalized spacial score (nSPS) is 26.2. The molecular formula is C14H26N4. The van der Waals surface area contributed by atoms with Crippen molar-refractivity contribution in [3.63, 3.8) is 0 Å². The van der Waals surface area contributed by atoms with Crippen LogP contribution in [0.2, 0.25) is 0 Å². The lowest BCUT2D eigenvalue weighted by Crippen LogP contribution is -2.37. The topological polar surface area (TPSA) is 55.9 Å². The average Bonchev–Trinajstić information content (AvgIpc) is 2.88. The standard InChI is InChI=1S/C14H26N4/c1-3-11-6-5-7-12(10-11)13(17-15)14-16-8-9-18(14)4-2/h8-9,11-13,17H,3-7,10,15H2,1-2H3. The summed E-state index contributed by atoms with van der Waals surface area (Å²) in [5.41, 5.74) is 3.01. The highest BCUT2D eigenvalue weighted by Gasteiger charge is 2.30. The Bertz CT molecular complexity index is 360. The molecule has 1 aliphatic rings. The van der Waals surface area contributed by atoms with Gasteiger partial charge in [0.05, 0.1) is 6.04 Å². The molecule has 3 unspecified atom stereocenters. The van der Waals surface area contributed by atoms with Crippen LogP contribution in [-0.4, -0.2) is 9.55 Å². The number of aromatic nitrogens is 2. The van der Waals surface area contributed by atoms with Crippen molar-refractivity contribution in [3.05, 3.63) is 18.2 Å². The zero-order valence-electron chi connectivity index (χ0n) is 11.6. The summed E-state index contributed by atoms with van der Waals surface area (Å²) in [6.45, 7) is 5.40. The predicted octanol–water partition coefficient (Wildman–Crippen LogP) is 2.62. The van der Waals surface area contributed by atoms with Crippen molar-refractivity contribution in [1.29, 1.82) is 0 Å². The highest BCUT2D eigenvalue weighted by atomic mass is 15.3. The van der Waals surface area contributed by atoms with Crippen LogP contribution in [0.5, 0.6) is 0 Å². The third kappa shape index (κ3) is 2.75. The molecule has 0 bridgehead atoms. The molecule has 0 aliphatic heterocycles. The molecule has 4 heteroatoms. The van der Waals surface area contributed by atoms with Gasteiger partial charge in [0.1, 0.15) is 5.82 Å². The Labute approximate surface area is 110 Å². The van der Waals surface area contributed by atoms with Gasteiger partial charge in [-0.3, -0.25) is 5.84 Å². The first-order valence-corrected chi connectivity index (χ1v) is 7.27. The van der Waals surface area contributed by atoms with Crippen LogP contribution >= 0.6 is 0 Å². The van der Waals surface area contributed by atoms with Crippen molar-refractivity contribution >= 4 is 0 Å². The molecule has 1 aromatic heterocycles. The number of nitrogens with two attached hydrogens (primary N) is 1. The molecule has 102 valence electrons. The molecule has 0 spiro atoms. The van der Waals surface area contributed by atoms with Gasteiger partial charge in [-0.2, -0.15) is 0 Å². The van der Waals surface area contributed by atoms with Crippen molar-refractivity contribution in [3.8, 4) is 0 Å². The summed E-state index contributed by atoms with van der Waals surface area (Å²) in [4.78, 5) is 4.50. The van der Waals surface area contributed by atoms with Crippen LogP contribution in [0.4, 0.5) is 0 Å². The second-order valence-corrected chi connectivity index (χ2v) is 5.42. The Morgan fingerprint density at radius 1 is 1.50 bits per heavy atom. The minimum atomic E-state index is 0.203. The van der Waals surface area contributed by atoms with E-state index in [1.54, 1.807) is 0 Å². The molecule has 0 radical (unpaired) electrons. The van der Waals surface area contributed by atoms with Crippen molar-refractivity contribution in [2.24, 2.45) is 17.7 Å². The summed E-state index contributed by atoms with van der Waals surface area (Å²) in [5.74, 6) is 8.39. The predicted molar refractivity (Wildman–Crippen MR) is 73.7 cm³/mol. The van der Waals surface area contributed by atoms with Crippen molar-refractivity contribution in [1.82, 2.24) is 15.0 Å². The smallest absolute Gasteiger partial charge is 0.127 e. The fourth-order valence-corrected chi connectivity index (χ4v) is 3.29. The Hall–Kier alpha value is -0.870.